The summed E-state index contributed by atoms with van der Waals surface area (Å²) in [6.07, 6.45) is -4.43. The van der Waals surface area contributed by atoms with E-state index in [0.717, 1.165) is 4.90 Å². The van der Waals surface area contributed by atoms with Crippen LogP contribution >= 0.6 is 11.9 Å². The maximum absolute atomic E-state index is 14.0. The average Bonchev–Trinajstić information content (AvgIpc) is 2.83. The van der Waals surface area contributed by atoms with E-state index < -0.39 is 11.8 Å². The number of methoxy groups -OCH3 is 1. The average molecular weight is 490 g/mol. The minimum absolute atomic E-state index is 0.228. The minimum atomic E-state index is -4.98. The maximum atomic E-state index is 14.0. The van der Waals surface area contributed by atoms with E-state index in [9.17, 15) is 18.3 Å². The molecule has 0 amide bonds. The van der Waals surface area contributed by atoms with Gasteiger partial charge >= 0.3 is 6.18 Å². The first-order valence-corrected chi connectivity index (χ1v) is 11.1. The molecule has 3 rings (SSSR count). The molecule has 180 valence electrons. The van der Waals surface area contributed by atoms with Crippen molar-refractivity contribution in [2.45, 2.75) is 16.7 Å². The van der Waals surface area contributed by atoms with Gasteiger partial charge in [0.2, 0.25) is 5.60 Å². The highest BCUT2D eigenvalue weighted by atomic mass is 32.2. The number of rotatable bonds is 9. The van der Waals surface area contributed by atoms with Gasteiger partial charge in [-0.2, -0.15) is 13.2 Å². The molecule has 1 N–H and O–H groups in total. The molecule has 0 aliphatic heterocycles. The first-order valence-electron chi connectivity index (χ1n) is 10.4. The van der Waals surface area contributed by atoms with Gasteiger partial charge in [0, 0.05) is 31.8 Å². The van der Waals surface area contributed by atoms with Crippen molar-refractivity contribution in [3.8, 4) is 0 Å². The van der Waals surface area contributed by atoms with Gasteiger partial charge < -0.3 is 19.0 Å². The van der Waals surface area contributed by atoms with E-state index in [-0.39, 0.29) is 18.0 Å². The summed E-state index contributed by atoms with van der Waals surface area (Å²) in [5, 5.41) is 10.7. The highest BCUT2D eigenvalue weighted by molar-refractivity contribution is 8.00. The number of alkyl halides is 3. The van der Waals surface area contributed by atoms with Gasteiger partial charge in [0.05, 0.1) is 17.6 Å². The van der Waals surface area contributed by atoms with Crippen LogP contribution in [0.3, 0.4) is 0 Å². The Hall–Kier alpha value is -3.01. The van der Waals surface area contributed by atoms with Crippen LogP contribution in [0, 0.1) is 0 Å². The summed E-state index contributed by atoms with van der Waals surface area (Å²) in [6, 6.07) is 21.9. The second-order valence-electron chi connectivity index (χ2n) is 7.58. The quantitative estimate of drug-likeness (QED) is 0.226. The summed E-state index contributed by atoms with van der Waals surface area (Å²) in [7, 11) is 5.07. The lowest BCUT2D eigenvalue weighted by Crippen LogP contribution is -2.43. The highest BCUT2D eigenvalue weighted by Gasteiger charge is 2.54. The normalized spacial score (nSPS) is 13.6. The molecule has 9 heteroatoms. The van der Waals surface area contributed by atoms with Gasteiger partial charge in [-0.15, -0.1) is 0 Å². The molecule has 5 nitrogen and oxygen atoms in total. The number of hydrogen-bond acceptors (Lipinski definition) is 6. The van der Waals surface area contributed by atoms with Crippen molar-refractivity contribution in [2.24, 2.45) is 4.99 Å². The van der Waals surface area contributed by atoms with E-state index >= 15 is 0 Å². The fourth-order valence-electron chi connectivity index (χ4n) is 3.25. The third-order valence-corrected chi connectivity index (χ3v) is 6.06. The molecule has 1 atom stereocenters. The van der Waals surface area contributed by atoms with E-state index in [0.29, 0.717) is 17.6 Å². The molecule has 0 saturated heterocycles. The van der Waals surface area contributed by atoms with E-state index in [1.54, 1.807) is 36.2 Å². The van der Waals surface area contributed by atoms with Gasteiger partial charge in [-0.25, -0.2) is 0 Å². The summed E-state index contributed by atoms with van der Waals surface area (Å²) in [6.45, 7) is 0.228. The van der Waals surface area contributed by atoms with Crippen molar-refractivity contribution in [2.75, 3.05) is 37.1 Å². The molecule has 0 fully saturated rings. The summed E-state index contributed by atoms with van der Waals surface area (Å²) in [5.41, 5.74) is -2.05. The number of ether oxygens (including phenoxy) is 1. The smallest absolute Gasteiger partial charge is 0.371 e. The summed E-state index contributed by atoms with van der Waals surface area (Å²) in [5.74, 6) is 0. The molecule has 0 aliphatic carbocycles. The van der Waals surface area contributed by atoms with Gasteiger partial charge in [-0.1, -0.05) is 42.5 Å². The van der Waals surface area contributed by atoms with Crippen LogP contribution < -0.4 is 9.21 Å². The van der Waals surface area contributed by atoms with Gasteiger partial charge in [0.1, 0.15) is 6.73 Å². The Bertz CT molecular complexity index is 1090. The fraction of sp³-hybridized carbons (Fsp3) is 0.240. The predicted octanol–water partition coefficient (Wildman–Crippen LogP) is 6.02. The maximum Gasteiger partial charge on any atom is 0.426 e. The van der Waals surface area contributed by atoms with E-state index in [4.69, 9.17) is 4.74 Å². The third kappa shape index (κ3) is 5.91. The van der Waals surface area contributed by atoms with Crippen LogP contribution in [0.15, 0.2) is 88.8 Å². The molecule has 0 bridgehead atoms. The van der Waals surface area contributed by atoms with Crippen LogP contribution in [0.5, 0.6) is 0 Å². The summed E-state index contributed by atoms with van der Waals surface area (Å²) in [4.78, 5) is 6.72. The summed E-state index contributed by atoms with van der Waals surface area (Å²) < 4.78 is 49.0. The molecule has 3 aromatic rings. The third-order valence-electron chi connectivity index (χ3n) is 5.09. The molecule has 0 aliphatic rings. The predicted molar refractivity (Wildman–Crippen MR) is 132 cm³/mol. The Labute approximate surface area is 201 Å². The molecule has 3 aromatic carbocycles. The zero-order chi connectivity index (χ0) is 24.8. The van der Waals surface area contributed by atoms with Crippen molar-refractivity contribution >= 4 is 35.2 Å². The molecule has 34 heavy (non-hydrogen) atoms. The van der Waals surface area contributed by atoms with Gasteiger partial charge in [-0.05, 0) is 53.9 Å². The molecule has 0 aromatic heterocycles. The summed E-state index contributed by atoms with van der Waals surface area (Å²) >= 11 is 1.44. The van der Waals surface area contributed by atoms with Crippen molar-refractivity contribution in [1.82, 2.24) is 0 Å². The molecule has 0 saturated carbocycles. The first-order chi connectivity index (χ1) is 16.2. The number of para-hydroxylation sites is 2. The molecule has 1 unspecified atom stereocenters. The standard InChI is InChI=1S/C25H26F3N3O2S/c1-30(18-33-3)23-12-8-7-11-22(23)29-17-24(32,25(26,27)28)19-13-15-20(16-14-19)31(2)34-21-9-5-4-6-10-21/h4-17,32H,18H2,1-3H3. The Morgan fingerprint density at radius 1 is 0.941 bits per heavy atom. The van der Waals surface area contributed by atoms with Crippen molar-refractivity contribution < 1.29 is 23.0 Å². The first kappa shape index (κ1) is 25.6. The Balaban J connectivity index is 1.89. The van der Waals surface area contributed by atoms with Gasteiger partial charge in [0.15, 0.2) is 0 Å². The second kappa shape index (κ2) is 10.9. The lowest BCUT2D eigenvalue weighted by Gasteiger charge is -2.28. The zero-order valence-corrected chi connectivity index (χ0v) is 19.8. The van der Waals surface area contributed by atoms with Crippen LogP contribution in [0.1, 0.15) is 5.56 Å². The minimum Gasteiger partial charge on any atom is -0.371 e. The number of anilines is 2. The zero-order valence-electron chi connectivity index (χ0n) is 19.0. The number of aliphatic hydroxyl groups is 1. The highest BCUT2D eigenvalue weighted by Crippen LogP contribution is 2.40. The molecule has 0 spiro atoms. The SMILES string of the molecule is COCN(C)c1ccccc1N=CC(O)(c1ccc(N(C)Sc2ccccc2)cc1)C(F)(F)F. The number of hydrogen-bond donors (Lipinski definition) is 1. The van der Waals surface area contributed by atoms with Crippen molar-refractivity contribution in [3.05, 3.63) is 84.4 Å². The van der Waals surface area contributed by atoms with Crippen LogP contribution in [-0.4, -0.2) is 45.4 Å². The molecule has 0 radical (unpaired) electrons. The van der Waals surface area contributed by atoms with Crippen LogP contribution in [0.4, 0.5) is 30.2 Å². The number of nitrogens with zero attached hydrogens (tertiary/aromatic N) is 3. The van der Waals surface area contributed by atoms with Crippen LogP contribution in [-0.2, 0) is 10.3 Å². The number of aliphatic imine (C=N–C) groups is 1. The van der Waals surface area contributed by atoms with E-state index in [1.165, 1.54) is 43.3 Å². The Morgan fingerprint density at radius 2 is 1.56 bits per heavy atom. The number of halogens is 3. The lowest BCUT2D eigenvalue weighted by molar-refractivity contribution is -0.233. The Morgan fingerprint density at radius 3 is 2.18 bits per heavy atom. The van der Waals surface area contributed by atoms with E-state index in [2.05, 4.69) is 4.99 Å². The fourth-order valence-corrected chi connectivity index (χ4v) is 4.07. The van der Waals surface area contributed by atoms with Gasteiger partial charge in [-0.3, -0.25) is 4.99 Å². The monoisotopic (exact) mass is 489 g/mol. The van der Waals surface area contributed by atoms with Crippen molar-refractivity contribution in [3.63, 3.8) is 0 Å². The van der Waals surface area contributed by atoms with Gasteiger partial charge in [0.25, 0.3) is 0 Å². The number of benzene rings is 3. The van der Waals surface area contributed by atoms with E-state index in [1.807, 2.05) is 41.7 Å². The molecule has 0 heterocycles. The largest absolute Gasteiger partial charge is 0.426 e. The van der Waals surface area contributed by atoms with Crippen molar-refractivity contribution in [1.29, 1.82) is 0 Å². The molecular weight excluding hydrogens is 463 g/mol. The molecular formula is C25H26F3N3O2S. The second-order valence-corrected chi connectivity index (χ2v) is 8.78. The van der Waals surface area contributed by atoms with Crippen LogP contribution in [0.25, 0.3) is 0 Å². The van der Waals surface area contributed by atoms with Crippen LogP contribution in [0.2, 0.25) is 0 Å². The topological polar surface area (TPSA) is 48.3 Å². The Kier molecular flexibility index (Phi) is 8.24. The lowest BCUT2D eigenvalue weighted by atomic mass is 9.94.